The summed E-state index contributed by atoms with van der Waals surface area (Å²) >= 11 is 0. The number of ether oxygens (including phenoxy) is 1. The Hall–Kier alpha value is -0.610. The average molecular weight is 175 g/mol. The van der Waals surface area contributed by atoms with E-state index in [4.69, 9.17) is 5.11 Å². The van der Waals surface area contributed by atoms with Gasteiger partial charge in [-0.25, -0.2) is 0 Å². The van der Waals surface area contributed by atoms with Crippen molar-refractivity contribution in [1.29, 1.82) is 0 Å². The lowest BCUT2D eigenvalue weighted by Gasteiger charge is -2.18. The molecule has 0 saturated heterocycles. The molecular weight excluding hydrogens is 158 g/mol. The molecule has 0 aromatic heterocycles. The van der Waals surface area contributed by atoms with Crippen molar-refractivity contribution in [2.24, 2.45) is 5.92 Å². The van der Waals surface area contributed by atoms with E-state index in [9.17, 15) is 4.79 Å². The zero-order valence-electron chi connectivity index (χ0n) is 7.83. The highest BCUT2D eigenvalue weighted by Gasteiger charge is 2.19. The van der Waals surface area contributed by atoms with E-state index >= 15 is 0 Å². The van der Waals surface area contributed by atoms with Crippen LogP contribution in [0.2, 0.25) is 0 Å². The number of carbonyl (C=O) groups excluding carboxylic acids is 1. The fraction of sp³-hybridized carbons (Fsp3) is 0.875. The summed E-state index contributed by atoms with van der Waals surface area (Å²) in [6, 6.07) is 0.0320. The van der Waals surface area contributed by atoms with Gasteiger partial charge in [0.05, 0.1) is 19.6 Å². The van der Waals surface area contributed by atoms with Crippen LogP contribution in [-0.4, -0.2) is 37.4 Å². The Morgan fingerprint density at radius 3 is 2.58 bits per heavy atom. The summed E-state index contributed by atoms with van der Waals surface area (Å²) in [5, 5.41) is 11.5. The van der Waals surface area contributed by atoms with Crippen LogP contribution in [0.4, 0.5) is 0 Å². The second-order valence-corrected chi connectivity index (χ2v) is 2.78. The molecule has 4 nitrogen and oxygen atoms in total. The Morgan fingerprint density at radius 2 is 2.17 bits per heavy atom. The first-order valence-corrected chi connectivity index (χ1v) is 4.05. The van der Waals surface area contributed by atoms with E-state index in [2.05, 4.69) is 10.1 Å². The van der Waals surface area contributed by atoms with Crippen LogP contribution in [0.1, 0.15) is 13.8 Å². The van der Waals surface area contributed by atoms with Crippen molar-refractivity contribution in [1.82, 2.24) is 5.32 Å². The summed E-state index contributed by atoms with van der Waals surface area (Å²) in [5.74, 6) is -0.408. The van der Waals surface area contributed by atoms with Crippen molar-refractivity contribution in [2.75, 3.05) is 20.3 Å². The number of rotatable bonds is 5. The quantitative estimate of drug-likeness (QED) is 0.566. The number of hydrogen-bond acceptors (Lipinski definition) is 4. The Kier molecular flexibility index (Phi) is 5.66. The summed E-state index contributed by atoms with van der Waals surface area (Å²) in [5.41, 5.74) is 0. The minimum Gasteiger partial charge on any atom is -0.469 e. The number of esters is 1. The Labute approximate surface area is 72.9 Å². The molecule has 4 heteroatoms. The van der Waals surface area contributed by atoms with E-state index in [1.807, 2.05) is 6.92 Å². The maximum Gasteiger partial charge on any atom is 0.309 e. The predicted molar refractivity (Wildman–Crippen MR) is 45.7 cm³/mol. The summed E-state index contributed by atoms with van der Waals surface area (Å²) in [6.07, 6.45) is 0. The number of hydrogen-bond donors (Lipinski definition) is 2. The Morgan fingerprint density at radius 1 is 1.58 bits per heavy atom. The molecule has 0 amide bonds. The van der Waals surface area contributed by atoms with E-state index in [1.165, 1.54) is 7.11 Å². The van der Waals surface area contributed by atoms with Crippen LogP contribution in [0, 0.1) is 5.92 Å². The third-order valence-corrected chi connectivity index (χ3v) is 1.90. The van der Waals surface area contributed by atoms with Crippen molar-refractivity contribution in [3.8, 4) is 0 Å². The third kappa shape index (κ3) is 3.69. The first kappa shape index (κ1) is 11.4. The molecule has 0 aromatic carbocycles. The number of carbonyl (C=O) groups is 1. The molecule has 0 radical (unpaired) electrons. The first-order chi connectivity index (χ1) is 5.63. The normalized spacial score (nSPS) is 15.3. The van der Waals surface area contributed by atoms with Gasteiger partial charge in [0.15, 0.2) is 0 Å². The molecule has 0 saturated carbocycles. The minimum atomic E-state index is -0.229. The van der Waals surface area contributed by atoms with Gasteiger partial charge in [0.1, 0.15) is 0 Å². The van der Waals surface area contributed by atoms with Crippen LogP contribution < -0.4 is 5.32 Å². The van der Waals surface area contributed by atoms with Crippen molar-refractivity contribution >= 4 is 5.97 Å². The molecule has 0 rings (SSSR count). The van der Waals surface area contributed by atoms with Crippen molar-refractivity contribution in [3.05, 3.63) is 0 Å². The maximum atomic E-state index is 11.0. The molecule has 12 heavy (non-hydrogen) atoms. The van der Waals surface area contributed by atoms with E-state index in [0.717, 1.165) is 0 Å². The SMILES string of the molecule is COC(=O)C(C)C(C)NCCO. The van der Waals surface area contributed by atoms with Gasteiger partial charge in [-0.15, -0.1) is 0 Å². The summed E-state index contributed by atoms with van der Waals surface area (Å²) < 4.78 is 4.57. The van der Waals surface area contributed by atoms with Gasteiger partial charge in [-0.05, 0) is 6.92 Å². The number of aliphatic hydroxyl groups excluding tert-OH is 1. The fourth-order valence-corrected chi connectivity index (χ4v) is 0.859. The summed E-state index contributed by atoms with van der Waals surface area (Å²) in [4.78, 5) is 11.0. The molecule has 0 aliphatic heterocycles. The largest absolute Gasteiger partial charge is 0.469 e. The molecule has 0 aromatic rings. The number of nitrogens with one attached hydrogen (secondary N) is 1. The Balaban J connectivity index is 3.75. The molecule has 2 N–H and O–H groups in total. The first-order valence-electron chi connectivity index (χ1n) is 4.05. The predicted octanol–water partition coefficient (Wildman–Crippen LogP) is -0.234. The minimum absolute atomic E-state index is 0.0320. The van der Waals surface area contributed by atoms with E-state index < -0.39 is 0 Å². The smallest absolute Gasteiger partial charge is 0.309 e. The van der Waals surface area contributed by atoms with E-state index in [-0.39, 0.29) is 24.5 Å². The van der Waals surface area contributed by atoms with Gasteiger partial charge in [-0.1, -0.05) is 6.92 Å². The van der Waals surface area contributed by atoms with Crippen molar-refractivity contribution < 1.29 is 14.6 Å². The molecule has 0 aliphatic rings. The molecule has 0 heterocycles. The highest BCUT2D eigenvalue weighted by molar-refractivity contribution is 5.72. The maximum absolute atomic E-state index is 11.0. The van der Waals surface area contributed by atoms with Gasteiger partial charge in [0.25, 0.3) is 0 Å². The third-order valence-electron chi connectivity index (χ3n) is 1.90. The van der Waals surface area contributed by atoms with Crippen LogP contribution in [0.5, 0.6) is 0 Å². The summed E-state index contributed by atoms with van der Waals surface area (Å²) in [7, 11) is 1.37. The van der Waals surface area contributed by atoms with Gasteiger partial charge in [-0.3, -0.25) is 4.79 Å². The second-order valence-electron chi connectivity index (χ2n) is 2.78. The van der Waals surface area contributed by atoms with Crippen molar-refractivity contribution in [3.63, 3.8) is 0 Å². The zero-order chi connectivity index (χ0) is 9.56. The molecule has 0 fully saturated rings. The van der Waals surface area contributed by atoms with Crippen LogP contribution in [0.3, 0.4) is 0 Å². The standard InChI is InChI=1S/C8H17NO3/c1-6(8(11)12-3)7(2)9-4-5-10/h6-7,9-10H,4-5H2,1-3H3. The van der Waals surface area contributed by atoms with Gasteiger partial charge in [-0.2, -0.15) is 0 Å². The van der Waals surface area contributed by atoms with Crippen LogP contribution in [0.15, 0.2) is 0 Å². The van der Waals surface area contributed by atoms with Gasteiger partial charge in [0, 0.05) is 12.6 Å². The molecule has 72 valence electrons. The van der Waals surface area contributed by atoms with E-state index in [1.54, 1.807) is 6.92 Å². The molecular formula is C8H17NO3. The highest BCUT2D eigenvalue weighted by atomic mass is 16.5. The lowest BCUT2D eigenvalue weighted by atomic mass is 10.0. The Bertz CT molecular complexity index is 138. The lowest BCUT2D eigenvalue weighted by molar-refractivity contribution is -0.145. The van der Waals surface area contributed by atoms with Crippen LogP contribution in [0.25, 0.3) is 0 Å². The molecule has 0 spiro atoms. The molecule has 0 bridgehead atoms. The monoisotopic (exact) mass is 175 g/mol. The fourth-order valence-electron chi connectivity index (χ4n) is 0.859. The van der Waals surface area contributed by atoms with Crippen LogP contribution in [-0.2, 0) is 9.53 Å². The summed E-state index contributed by atoms with van der Waals surface area (Å²) in [6.45, 7) is 4.26. The topological polar surface area (TPSA) is 58.6 Å². The second kappa shape index (κ2) is 5.97. The van der Waals surface area contributed by atoms with Gasteiger partial charge >= 0.3 is 5.97 Å². The number of methoxy groups -OCH3 is 1. The zero-order valence-corrected chi connectivity index (χ0v) is 7.83. The highest BCUT2D eigenvalue weighted by Crippen LogP contribution is 2.03. The van der Waals surface area contributed by atoms with Gasteiger partial charge in [0.2, 0.25) is 0 Å². The van der Waals surface area contributed by atoms with Crippen molar-refractivity contribution in [2.45, 2.75) is 19.9 Å². The lowest BCUT2D eigenvalue weighted by Crippen LogP contribution is -2.38. The van der Waals surface area contributed by atoms with Crippen LogP contribution >= 0.6 is 0 Å². The number of aliphatic hydroxyl groups is 1. The molecule has 2 atom stereocenters. The van der Waals surface area contributed by atoms with E-state index in [0.29, 0.717) is 6.54 Å². The molecule has 0 aliphatic carbocycles. The molecule has 2 unspecified atom stereocenters. The van der Waals surface area contributed by atoms with Gasteiger partial charge < -0.3 is 15.2 Å². The average Bonchev–Trinajstić information content (AvgIpc) is 2.11.